The molecule has 0 aliphatic heterocycles. The van der Waals surface area contributed by atoms with Gasteiger partial charge in [-0.15, -0.1) is 0 Å². The zero-order valence-corrected chi connectivity index (χ0v) is 22.7. The SMILES string of the molecule is COC(=O)CCC(=O)Nc1ccc(C(=O)Nc2ccc(OC)cc2)c(NC(=O)c2ccc(C(C)(C)C)cc2)c1. The summed E-state index contributed by atoms with van der Waals surface area (Å²) in [6.07, 6.45) is -0.146. The number of carbonyl (C=O) groups excluding carboxylic acids is 4. The molecular weight excluding hydrogens is 498 g/mol. The van der Waals surface area contributed by atoms with Gasteiger partial charge in [0.2, 0.25) is 5.91 Å². The van der Waals surface area contributed by atoms with E-state index in [1.807, 2.05) is 12.1 Å². The maximum absolute atomic E-state index is 13.2. The van der Waals surface area contributed by atoms with E-state index in [0.717, 1.165) is 5.56 Å². The lowest BCUT2D eigenvalue weighted by Crippen LogP contribution is -2.20. The molecule has 3 amide bonds. The molecule has 39 heavy (non-hydrogen) atoms. The monoisotopic (exact) mass is 531 g/mol. The van der Waals surface area contributed by atoms with E-state index in [0.29, 0.717) is 22.7 Å². The van der Waals surface area contributed by atoms with Crippen molar-refractivity contribution in [2.45, 2.75) is 39.0 Å². The highest BCUT2D eigenvalue weighted by Gasteiger charge is 2.18. The molecule has 0 radical (unpaired) electrons. The molecule has 0 spiro atoms. The average Bonchev–Trinajstić information content (AvgIpc) is 2.91. The van der Waals surface area contributed by atoms with Crippen molar-refractivity contribution in [2.75, 3.05) is 30.2 Å². The first-order valence-electron chi connectivity index (χ1n) is 12.4. The van der Waals surface area contributed by atoms with Gasteiger partial charge in [0.1, 0.15) is 5.75 Å². The van der Waals surface area contributed by atoms with Crippen LogP contribution < -0.4 is 20.7 Å². The Morgan fingerprint density at radius 3 is 1.95 bits per heavy atom. The molecular formula is C30H33N3O6. The van der Waals surface area contributed by atoms with E-state index in [2.05, 4.69) is 41.5 Å². The van der Waals surface area contributed by atoms with Crippen molar-refractivity contribution in [1.82, 2.24) is 0 Å². The van der Waals surface area contributed by atoms with Gasteiger partial charge >= 0.3 is 5.97 Å². The molecule has 9 nitrogen and oxygen atoms in total. The fraction of sp³-hybridized carbons (Fsp3) is 0.267. The Kier molecular flexibility index (Phi) is 9.43. The predicted molar refractivity (Wildman–Crippen MR) is 150 cm³/mol. The van der Waals surface area contributed by atoms with Crippen LogP contribution in [0.25, 0.3) is 0 Å². The van der Waals surface area contributed by atoms with Gasteiger partial charge < -0.3 is 25.4 Å². The topological polar surface area (TPSA) is 123 Å². The van der Waals surface area contributed by atoms with Gasteiger partial charge in [-0.1, -0.05) is 32.9 Å². The minimum absolute atomic E-state index is 0.0673. The number of methoxy groups -OCH3 is 2. The van der Waals surface area contributed by atoms with Crippen LogP contribution >= 0.6 is 0 Å². The molecule has 0 bridgehead atoms. The molecule has 0 fully saturated rings. The first-order chi connectivity index (χ1) is 18.5. The van der Waals surface area contributed by atoms with Crippen molar-refractivity contribution < 1.29 is 28.7 Å². The number of hydrogen-bond donors (Lipinski definition) is 3. The normalized spacial score (nSPS) is 10.8. The predicted octanol–water partition coefficient (Wildman–Crippen LogP) is 5.39. The van der Waals surface area contributed by atoms with E-state index in [1.165, 1.54) is 19.2 Å². The van der Waals surface area contributed by atoms with Crippen LogP contribution in [0.5, 0.6) is 5.75 Å². The Morgan fingerprint density at radius 1 is 0.718 bits per heavy atom. The maximum Gasteiger partial charge on any atom is 0.306 e. The van der Waals surface area contributed by atoms with E-state index in [9.17, 15) is 19.2 Å². The van der Waals surface area contributed by atoms with Gasteiger partial charge in [0.25, 0.3) is 11.8 Å². The number of benzene rings is 3. The number of rotatable bonds is 9. The van der Waals surface area contributed by atoms with Crippen LogP contribution in [0.2, 0.25) is 0 Å². The third-order valence-electron chi connectivity index (χ3n) is 5.94. The highest BCUT2D eigenvalue weighted by atomic mass is 16.5. The van der Waals surface area contributed by atoms with Crippen molar-refractivity contribution in [1.29, 1.82) is 0 Å². The van der Waals surface area contributed by atoms with Crippen LogP contribution in [0, 0.1) is 0 Å². The Hall–Kier alpha value is -4.66. The second-order valence-electron chi connectivity index (χ2n) is 9.85. The Bertz CT molecular complexity index is 1340. The molecule has 0 atom stereocenters. The van der Waals surface area contributed by atoms with Crippen LogP contribution in [0.1, 0.15) is 59.9 Å². The molecule has 0 unspecified atom stereocenters. The van der Waals surface area contributed by atoms with Crippen LogP contribution in [-0.4, -0.2) is 37.9 Å². The Labute approximate surface area is 227 Å². The zero-order valence-electron chi connectivity index (χ0n) is 22.7. The fourth-order valence-corrected chi connectivity index (χ4v) is 3.65. The van der Waals surface area contributed by atoms with E-state index in [4.69, 9.17) is 4.74 Å². The third-order valence-corrected chi connectivity index (χ3v) is 5.94. The molecule has 0 saturated carbocycles. The standard InChI is InChI=1S/C30H33N3O6/c1-30(2,3)20-8-6-19(7-9-20)28(36)33-25-18-22(31-26(34)16-17-27(35)39-5)12-15-24(25)29(37)32-21-10-13-23(38-4)14-11-21/h6-15,18H,16-17H2,1-5H3,(H,31,34)(H,32,37)(H,33,36). The lowest BCUT2D eigenvalue weighted by atomic mass is 9.86. The summed E-state index contributed by atoms with van der Waals surface area (Å²) in [5, 5.41) is 8.28. The van der Waals surface area contributed by atoms with Crippen LogP contribution in [-0.2, 0) is 19.7 Å². The third kappa shape index (κ3) is 8.16. The molecule has 0 aliphatic rings. The van der Waals surface area contributed by atoms with Crippen molar-refractivity contribution in [3.05, 3.63) is 83.4 Å². The van der Waals surface area contributed by atoms with Gasteiger partial charge in [0, 0.05) is 23.4 Å². The van der Waals surface area contributed by atoms with Gasteiger partial charge in [0.05, 0.1) is 31.9 Å². The molecule has 9 heteroatoms. The lowest BCUT2D eigenvalue weighted by Gasteiger charge is -2.19. The number of nitrogens with one attached hydrogen (secondary N) is 3. The summed E-state index contributed by atoms with van der Waals surface area (Å²) in [5.74, 6) is -1.14. The van der Waals surface area contributed by atoms with Gasteiger partial charge in [-0.05, 0) is 65.6 Å². The van der Waals surface area contributed by atoms with E-state index < -0.39 is 23.7 Å². The van der Waals surface area contributed by atoms with Gasteiger partial charge in [0.15, 0.2) is 0 Å². The second-order valence-corrected chi connectivity index (χ2v) is 9.85. The summed E-state index contributed by atoms with van der Waals surface area (Å²) in [6.45, 7) is 6.25. The number of anilines is 3. The minimum atomic E-state index is -0.499. The number of hydrogen-bond acceptors (Lipinski definition) is 6. The fourth-order valence-electron chi connectivity index (χ4n) is 3.65. The average molecular weight is 532 g/mol. The van der Waals surface area contributed by atoms with Crippen molar-refractivity contribution in [2.24, 2.45) is 0 Å². The molecule has 3 N–H and O–H groups in total. The molecule has 0 heterocycles. The Morgan fingerprint density at radius 2 is 1.36 bits per heavy atom. The van der Waals surface area contributed by atoms with Crippen molar-refractivity contribution in [3.63, 3.8) is 0 Å². The summed E-state index contributed by atoms with van der Waals surface area (Å²) in [6, 6.07) is 18.6. The Balaban J connectivity index is 1.86. The van der Waals surface area contributed by atoms with Crippen molar-refractivity contribution >= 4 is 40.8 Å². The molecule has 3 rings (SSSR count). The zero-order chi connectivity index (χ0) is 28.6. The van der Waals surface area contributed by atoms with Crippen molar-refractivity contribution in [3.8, 4) is 5.75 Å². The highest BCUT2D eigenvalue weighted by molar-refractivity contribution is 6.13. The highest BCUT2D eigenvalue weighted by Crippen LogP contribution is 2.26. The van der Waals surface area contributed by atoms with E-state index in [1.54, 1.807) is 49.6 Å². The summed E-state index contributed by atoms with van der Waals surface area (Å²) in [7, 11) is 2.80. The molecule has 0 saturated heterocycles. The number of esters is 1. The first kappa shape index (κ1) is 28.9. The summed E-state index contributed by atoms with van der Waals surface area (Å²) >= 11 is 0. The summed E-state index contributed by atoms with van der Waals surface area (Å²) < 4.78 is 9.72. The van der Waals surface area contributed by atoms with Gasteiger partial charge in [-0.2, -0.15) is 0 Å². The largest absolute Gasteiger partial charge is 0.497 e. The number of amides is 3. The minimum Gasteiger partial charge on any atom is -0.497 e. The van der Waals surface area contributed by atoms with E-state index >= 15 is 0 Å². The van der Waals surface area contributed by atoms with E-state index in [-0.39, 0.29) is 29.5 Å². The smallest absolute Gasteiger partial charge is 0.306 e. The number of ether oxygens (including phenoxy) is 2. The molecule has 3 aromatic rings. The lowest BCUT2D eigenvalue weighted by molar-refractivity contribution is -0.141. The molecule has 204 valence electrons. The number of carbonyl (C=O) groups is 4. The van der Waals surface area contributed by atoms with Gasteiger partial charge in [-0.25, -0.2) is 0 Å². The van der Waals surface area contributed by atoms with Crippen LogP contribution in [0.3, 0.4) is 0 Å². The summed E-state index contributed by atoms with van der Waals surface area (Å²) in [4.78, 5) is 50.0. The molecule has 0 aliphatic carbocycles. The summed E-state index contributed by atoms with van der Waals surface area (Å²) in [5.41, 5.74) is 2.71. The quantitative estimate of drug-likeness (QED) is 0.318. The second kappa shape index (κ2) is 12.7. The van der Waals surface area contributed by atoms with Gasteiger partial charge in [-0.3, -0.25) is 19.2 Å². The molecule has 0 aromatic heterocycles. The molecule has 3 aromatic carbocycles. The van der Waals surface area contributed by atoms with Crippen LogP contribution in [0.4, 0.5) is 17.1 Å². The first-order valence-corrected chi connectivity index (χ1v) is 12.4. The van der Waals surface area contributed by atoms with Crippen LogP contribution in [0.15, 0.2) is 66.7 Å². The maximum atomic E-state index is 13.2.